The van der Waals surface area contributed by atoms with Gasteiger partial charge in [0, 0.05) is 29.7 Å². The minimum Gasteiger partial charge on any atom is -0.357 e. The lowest BCUT2D eigenvalue weighted by molar-refractivity contribution is -0.117. The molecule has 4 nitrogen and oxygen atoms in total. The largest absolute Gasteiger partial charge is 0.357 e. The van der Waals surface area contributed by atoms with Gasteiger partial charge in [-0.05, 0) is 42.5 Å². The summed E-state index contributed by atoms with van der Waals surface area (Å²) >= 11 is 17.2. The molecule has 1 heterocycles. The molecule has 1 aliphatic heterocycles. The van der Waals surface area contributed by atoms with E-state index in [0.717, 1.165) is 18.2 Å². The lowest BCUT2D eigenvalue weighted by Crippen LogP contribution is -2.39. The molecular weight excluding hydrogens is 403 g/mol. The number of benzene rings is 2. The Labute approximate surface area is 164 Å². The van der Waals surface area contributed by atoms with Crippen molar-refractivity contribution in [2.45, 2.75) is 12.5 Å². The molecule has 1 unspecified atom stereocenters. The van der Waals surface area contributed by atoms with E-state index in [4.69, 9.17) is 35.4 Å². The van der Waals surface area contributed by atoms with Gasteiger partial charge in [-0.25, -0.2) is 8.78 Å². The summed E-state index contributed by atoms with van der Waals surface area (Å²) in [7, 11) is 0. The number of rotatable bonds is 3. The molecule has 1 atom stereocenters. The van der Waals surface area contributed by atoms with Crippen molar-refractivity contribution in [3.05, 3.63) is 58.1 Å². The summed E-state index contributed by atoms with van der Waals surface area (Å²) in [5.41, 5.74) is 0.707. The van der Waals surface area contributed by atoms with Crippen LogP contribution in [0.15, 0.2) is 36.4 Å². The van der Waals surface area contributed by atoms with Crippen molar-refractivity contribution in [1.29, 1.82) is 0 Å². The summed E-state index contributed by atoms with van der Waals surface area (Å²) in [6, 6.07) is 7.59. The molecule has 2 N–H and O–H groups in total. The van der Waals surface area contributed by atoms with Crippen LogP contribution in [0.3, 0.4) is 0 Å². The SMILES string of the molecule is O=C1CC(NC(=S)Nc2cc(Cl)ccc2Cl)CN1c1cc(F)cc(F)c1. The zero-order valence-electron chi connectivity index (χ0n) is 13.2. The van der Waals surface area contributed by atoms with Gasteiger partial charge in [-0.15, -0.1) is 0 Å². The molecule has 1 fully saturated rings. The third kappa shape index (κ3) is 4.41. The topological polar surface area (TPSA) is 44.4 Å². The van der Waals surface area contributed by atoms with Gasteiger partial charge >= 0.3 is 0 Å². The fourth-order valence-corrected chi connectivity index (χ4v) is 3.30. The molecule has 0 radical (unpaired) electrons. The van der Waals surface area contributed by atoms with Crippen molar-refractivity contribution in [3.8, 4) is 0 Å². The number of thiocarbonyl (C=S) groups is 1. The highest BCUT2D eigenvalue weighted by atomic mass is 35.5. The van der Waals surface area contributed by atoms with Crippen LogP contribution in [-0.4, -0.2) is 23.6 Å². The van der Waals surface area contributed by atoms with Gasteiger partial charge in [0.25, 0.3) is 0 Å². The predicted octanol–water partition coefficient (Wildman–Crippen LogP) is 4.36. The quantitative estimate of drug-likeness (QED) is 0.730. The Morgan fingerprint density at radius 3 is 2.54 bits per heavy atom. The van der Waals surface area contributed by atoms with Gasteiger partial charge in [-0.1, -0.05) is 23.2 Å². The Morgan fingerprint density at radius 2 is 1.85 bits per heavy atom. The average molecular weight is 416 g/mol. The molecule has 9 heteroatoms. The highest BCUT2D eigenvalue weighted by Crippen LogP contribution is 2.26. The summed E-state index contributed by atoms with van der Waals surface area (Å²) < 4.78 is 26.8. The number of anilines is 2. The van der Waals surface area contributed by atoms with E-state index in [1.165, 1.54) is 4.90 Å². The first-order chi connectivity index (χ1) is 12.3. The molecule has 1 aliphatic rings. The maximum absolute atomic E-state index is 13.4. The molecule has 26 heavy (non-hydrogen) atoms. The Kier molecular flexibility index (Phi) is 5.60. The molecule has 2 aromatic rings. The molecule has 3 rings (SSSR count). The van der Waals surface area contributed by atoms with E-state index in [1.54, 1.807) is 18.2 Å². The number of halogens is 4. The Bertz CT molecular complexity index is 861. The summed E-state index contributed by atoms with van der Waals surface area (Å²) in [5, 5.41) is 7.12. The van der Waals surface area contributed by atoms with Gasteiger partial charge < -0.3 is 15.5 Å². The second-order valence-electron chi connectivity index (χ2n) is 5.76. The zero-order chi connectivity index (χ0) is 18.8. The Balaban J connectivity index is 1.65. The zero-order valence-corrected chi connectivity index (χ0v) is 15.6. The highest BCUT2D eigenvalue weighted by Gasteiger charge is 2.31. The van der Waals surface area contributed by atoms with E-state index in [9.17, 15) is 13.6 Å². The van der Waals surface area contributed by atoms with Gasteiger partial charge in [-0.2, -0.15) is 0 Å². The number of hydrogen-bond donors (Lipinski definition) is 2. The van der Waals surface area contributed by atoms with Crippen LogP contribution >= 0.6 is 35.4 Å². The molecular formula is C17H13Cl2F2N3OS. The Hall–Kier alpha value is -1.96. The molecule has 1 saturated heterocycles. The number of nitrogens with one attached hydrogen (secondary N) is 2. The smallest absolute Gasteiger partial charge is 0.229 e. The number of hydrogen-bond acceptors (Lipinski definition) is 2. The van der Waals surface area contributed by atoms with Crippen molar-refractivity contribution in [3.63, 3.8) is 0 Å². The van der Waals surface area contributed by atoms with E-state index in [2.05, 4.69) is 10.6 Å². The molecule has 2 aromatic carbocycles. The average Bonchev–Trinajstić information content (AvgIpc) is 2.90. The van der Waals surface area contributed by atoms with E-state index >= 15 is 0 Å². The summed E-state index contributed by atoms with van der Waals surface area (Å²) in [6.45, 7) is 0.229. The summed E-state index contributed by atoms with van der Waals surface area (Å²) in [5.74, 6) is -1.73. The van der Waals surface area contributed by atoms with Crippen LogP contribution in [0.2, 0.25) is 10.0 Å². The van der Waals surface area contributed by atoms with E-state index in [-0.39, 0.29) is 35.7 Å². The van der Waals surface area contributed by atoms with E-state index in [0.29, 0.717) is 15.7 Å². The van der Waals surface area contributed by atoms with Gasteiger partial charge in [-0.3, -0.25) is 4.79 Å². The minimum absolute atomic E-state index is 0.142. The number of carbonyl (C=O) groups is 1. The monoisotopic (exact) mass is 415 g/mol. The Morgan fingerprint density at radius 1 is 1.15 bits per heavy atom. The van der Waals surface area contributed by atoms with Crippen molar-refractivity contribution >= 4 is 57.8 Å². The van der Waals surface area contributed by atoms with Crippen molar-refractivity contribution in [1.82, 2.24) is 5.32 Å². The number of nitrogens with zero attached hydrogens (tertiary/aromatic N) is 1. The molecule has 0 aromatic heterocycles. The summed E-state index contributed by atoms with van der Waals surface area (Å²) in [6.07, 6.45) is 0.142. The molecule has 1 amide bonds. The van der Waals surface area contributed by atoms with Crippen LogP contribution < -0.4 is 15.5 Å². The normalized spacial score (nSPS) is 16.7. The summed E-state index contributed by atoms with van der Waals surface area (Å²) in [4.78, 5) is 13.5. The van der Waals surface area contributed by atoms with Crippen molar-refractivity contribution in [2.75, 3.05) is 16.8 Å². The van der Waals surface area contributed by atoms with Crippen LogP contribution in [0.1, 0.15) is 6.42 Å². The van der Waals surface area contributed by atoms with Crippen LogP contribution in [0.25, 0.3) is 0 Å². The van der Waals surface area contributed by atoms with E-state index in [1.807, 2.05) is 0 Å². The van der Waals surface area contributed by atoms with Crippen LogP contribution in [0, 0.1) is 11.6 Å². The maximum atomic E-state index is 13.4. The van der Waals surface area contributed by atoms with Crippen molar-refractivity contribution in [2.24, 2.45) is 0 Å². The van der Waals surface area contributed by atoms with E-state index < -0.39 is 11.6 Å². The first-order valence-electron chi connectivity index (χ1n) is 7.61. The molecule has 136 valence electrons. The fraction of sp³-hybridized carbons (Fsp3) is 0.176. The highest BCUT2D eigenvalue weighted by molar-refractivity contribution is 7.80. The minimum atomic E-state index is -0.739. The first-order valence-corrected chi connectivity index (χ1v) is 8.77. The van der Waals surface area contributed by atoms with Crippen molar-refractivity contribution < 1.29 is 13.6 Å². The standard InChI is InChI=1S/C17H13Cl2F2N3OS/c18-9-1-2-14(19)15(3-9)23-17(26)22-12-7-16(25)24(8-12)13-5-10(20)4-11(21)6-13/h1-6,12H,7-8H2,(H2,22,23,26). The number of amides is 1. The second-order valence-corrected chi connectivity index (χ2v) is 7.01. The van der Waals surface area contributed by atoms with Gasteiger partial charge in [0.05, 0.1) is 16.8 Å². The lowest BCUT2D eigenvalue weighted by atomic mass is 10.2. The van der Waals surface area contributed by atoms with Crippen LogP contribution in [-0.2, 0) is 4.79 Å². The van der Waals surface area contributed by atoms with Gasteiger partial charge in [0.15, 0.2) is 5.11 Å². The van der Waals surface area contributed by atoms with Crippen LogP contribution in [0.5, 0.6) is 0 Å². The first kappa shape index (κ1) is 18.8. The third-order valence-corrected chi connectivity index (χ3v) is 4.58. The lowest BCUT2D eigenvalue weighted by Gasteiger charge is -2.19. The second kappa shape index (κ2) is 7.73. The van der Waals surface area contributed by atoms with Gasteiger partial charge in [0.1, 0.15) is 11.6 Å². The molecule has 0 bridgehead atoms. The number of carbonyl (C=O) groups excluding carboxylic acids is 1. The fourth-order valence-electron chi connectivity index (χ4n) is 2.69. The predicted molar refractivity (Wildman–Crippen MR) is 103 cm³/mol. The molecule has 0 saturated carbocycles. The van der Waals surface area contributed by atoms with Crippen LogP contribution in [0.4, 0.5) is 20.2 Å². The molecule has 0 spiro atoms. The van der Waals surface area contributed by atoms with Gasteiger partial charge in [0.2, 0.25) is 5.91 Å². The maximum Gasteiger partial charge on any atom is 0.229 e. The molecule has 0 aliphatic carbocycles. The third-order valence-electron chi connectivity index (χ3n) is 3.80.